The van der Waals surface area contributed by atoms with Crippen molar-refractivity contribution in [2.75, 3.05) is 0 Å². The van der Waals surface area contributed by atoms with Crippen LogP contribution in [0.15, 0.2) is 47.2 Å². The Kier molecular flexibility index (Phi) is 4.24. The number of nitro benzene ring substituents is 1. The van der Waals surface area contributed by atoms with Gasteiger partial charge in [0.15, 0.2) is 18.2 Å². The van der Waals surface area contributed by atoms with E-state index in [2.05, 4.69) is 15.9 Å². The molecular weight excluding hydrogens is 324 g/mol. The van der Waals surface area contributed by atoms with Crippen LogP contribution in [0, 0.1) is 10.1 Å². The fourth-order valence-corrected chi connectivity index (χ4v) is 2.15. The summed E-state index contributed by atoms with van der Waals surface area (Å²) in [6.07, 6.45) is 3.93. The number of hydrogen-bond donors (Lipinski definition) is 0. The molecule has 0 unspecified atom stereocenters. The number of rotatable bonds is 4. The summed E-state index contributed by atoms with van der Waals surface area (Å²) in [6, 6.07) is 8.12. The molecule has 0 radical (unpaired) electrons. The van der Waals surface area contributed by atoms with Crippen LogP contribution in [0.5, 0.6) is 0 Å². The molecule has 5 nitrogen and oxygen atoms in total. The number of aryl methyl sites for hydroxylation is 1. The summed E-state index contributed by atoms with van der Waals surface area (Å²) in [5.41, 5.74) is 1.11. The van der Waals surface area contributed by atoms with Crippen LogP contribution in [0.4, 0.5) is 5.69 Å². The van der Waals surface area contributed by atoms with Gasteiger partial charge < -0.3 is 0 Å². The average Bonchev–Trinajstić information content (AvgIpc) is 2.41. The van der Waals surface area contributed by atoms with E-state index in [1.165, 1.54) is 12.1 Å². The highest BCUT2D eigenvalue weighted by atomic mass is 79.9. The number of nitro groups is 1. The molecule has 1 aromatic heterocycles. The Bertz CT molecular complexity index is 669. The second-order valence-corrected chi connectivity index (χ2v) is 5.25. The Morgan fingerprint density at radius 2 is 1.95 bits per heavy atom. The van der Waals surface area contributed by atoms with E-state index in [4.69, 9.17) is 0 Å². The summed E-state index contributed by atoms with van der Waals surface area (Å²) in [5.74, 6) is -0.144. The molecule has 2 aromatic rings. The molecule has 0 atom stereocenters. The maximum absolute atomic E-state index is 12.1. The van der Waals surface area contributed by atoms with Crippen molar-refractivity contribution >= 4 is 27.4 Å². The number of benzene rings is 1. The highest BCUT2D eigenvalue weighted by Gasteiger charge is 2.16. The molecule has 0 aliphatic rings. The number of hydrogen-bond acceptors (Lipinski definition) is 3. The topological polar surface area (TPSA) is 64.1 Å². The van der Waals surface area contributed by atoms with Gasteiger partial charge in [0.1, 0.15) is 7.05 Å². The van der Waals surface area contributed by atoms with Crippen molar-refractivity contribution in [3.05, 3.63) is 68.4 Å². The van der Waals surface area contributed by atoms with Crippen molar-refractivity contribution in [3.8, 4) is 0 Å². The lowest BCUT2D eigenvalue weighted by Crippen LogP contribution is -2.26. The van der Waals surface area contributed by atoms with Gasteiger partial charge in [0, 0.05) is 30.2 Å². The Morgan fingerprint density at radius 1 is 1.30 bits per heavy atom. The second kappa shape index (κ2) is 5.92. The molecule has 102 valence electrons. The molecule has 0 bridgehead atoms. The lowest BCUT2D eigenvalue weighted by molar-refractivity contribution is -0.671. The molecule has 0 aliphatic heterocycles. The molecule has 6 heteroatoms. The summed E-state index contributed by atoms with van der Waals surface area (Å²) in [7, 11) is 1.89. The largest absolute Gasteiger partial charge is 0.294 e. The van der Waals surface area contributed by atoms with Crippen LogP contribution >= 0.6 is 15.9 Å². The fraction of sp³-hybridized carbons (Fsp3) is 0.143. The van der Waals surface area contributed by atoms with Crippen molar-refractivity contribution in [2.24, 2.45) is 7.05 Å². The van der Waals surface area contributed by atoms with Crippen LogP contribution in [0.1, 0.15) is 15.9 Å². The van der Waals surface area contributed by atoms with E-state index >= 15 is 0 Å². The molecule has 2 rings (SSSR count). The minimum Gasteiger partial charge on any atom is -0.294 e. The average molecular weight is 336 g/mol. The van der Waals surface area contributed by atoms with Gasteiger partial charge in [-0.1, -0.05) is 0 Å². The zero-order valence-electron chi connectivity index (χ0n) is 10.7. The first-order valence-corrected chi connectivity index (χ1v) is 6.68. The molecule has 0 saturated heterocycles. The number of pyridine rings is 1. The van der Waals surface area contributed by atoms with E-state index in [0.29, 0.717) is 10.0 Å². The predicted molar refractivity (Wildman–Crippen MR) is 76.4 cm³/mol. The third-order valence-electron chi connectivity index (χ3n) is 2.88. The second-order valence-electron chi connectivity index (χ2n) is 4.40. The molecule has 1 aromatic carbocycles. The Balaban J connectivity index is 2.23. The highest BCUT2D eigenvalue weighted by Crippen LogP contribution is 2.26. The van der Waals surface area contributed by atoms with E-state index in [0.717, 1.165) is 5.56 Å². The lowest BCUT2D eigenvalue weighted by Gasteiger charge is -2.02. The summed E-state index contributed by atoms with van der Waals surface area (Å²) in [6.45, 7) is 0. The first-order chi connectivity index (χ1) is 9.47. The molecule has 20 heavy (non-hydrogen) atoms. The number of Topliss-reactive ketones (excluding diaryl/α,β-unsaturated/α-hetero) is 1. The maximum atomic E-state index is 12.1. The van der Waals surface area contributed by atoms with Crippen LogP contribution in [0.2, 0.25) is 0 Å². The first kappa shape index (κ1) is 14.3. The van der Waals surface area contributed by atoms with Crippen LogP contribution in [0.25, 0.3) is 0 Å². The quantitative estimate of drug-likeness (QED) is 0.373. The molecule has 0 amide bonds. The van der Waals surface area contributed by atoms with Gasteiger partial charge in [-0.25, -0.2) is 4.57 Å². The van der Waals surface area contributed by atoms with E-state index in [-0.39, 0.29) is 17.9 Å². The monoisotopic (exact) mass is 335 g/mol. The van der Waals surface area contributed by atoms with Gasteiger partial charge in [0.25, 0.3) is 5.69 Å². The highest BCUT2D eigenvalue weighted by molar-refractivity contribution is 9.10. The van der Waals surface area contributed by atoms with Gasteiger partial charge in [0.05, 0.1) is 9.40 Å². The minimum atomic E-state index is -0.511. The van der Waals surface area contributed by atoms with Crippen LogP contribution < -0.4 is 4.57 Å². The third-order valence-corrected chi connectivity index (χ3v) is 3.55. The zero-order valence-corrected chi connectivity index (χ0v) is 12.3. The number of carbonyl (C=O) groups is 1. The van der Waals surface area contributed by atoms with E-state index in [1.807, 2.05) is 36.1 Å². The Labute approximate surface area is 124 Å². The van der Waals surface area contributed by atoms with Gasteiger partial charge in [-0.05, 0) is 33.6 Å². The van der Waals surface area contributed by atoms with Gasteiger partial charge in [-0.2, -0.15) is 0 Å². The Morgan fingerprint density at radius 3 is 2.55 bits per heavy atom. The molecule has 0 saturated carbocycles. The molecule has 0 aliphatic carbocycles. The van der Waals surface area contributed by atoms with Gasteiger partial charge in [0.2, 0.25) is 0 Å². The standard InChI is InChI=1S/C14H12BrN2O3/c1-16-6-4-10(5-7-16)8-14(18)11-2-3-12(15)13(9-11)17(19)20/h2-7,9H,8H2,1H3/q+1. The normalized spacial score (nSPS) is 10.3. The van der Waals surface area contributed by atoms with Gasteiger partial charge in [-0.15, -0.1) is 0 Å². The van der Waals surface area contributed by atoms with Gasteiger partial charge >= 0.3 is 0 Å². The fourth-order valence-electron chi connectivity index (χ4n) is 1.76. The summed E-state index contributed by atoms with van der Waals surface area (Å²) in [4.78, 5) is 22.5. The van der Waals surface area contributed by atoms with E-state index in [1.54, 1.807) is 6.07 Å². The number of halogens is 1. The van der Waals surface area contributed by atoms with Crippen molar-refractivity contribution in [1.82, 2.24) is 0 Å². The molecular formula is C14H12BrN2O3+. The summed E-state index contributed by atoms with van der Waals surface area (Å²) >= 11 is 3.10. The van der Waals surface area contributed by atoms with Crippen molar-refractivity contribution in [2.45, 2.75) is 6.42 Å². The minimum absolute atomic E-state index is 0.102. The molecule has 1 heterocycles. The predicted octanol–water partition coefficient (Wildman–Crippen LogP) is 2.61. The summed E-state index contributed by atoms with van der Waals surface area (Å²) < 4.78 is 2.24. The number of carbonyl (C=O) groups excluding carboxylic acids is 1. The van der Waals surface area contributed by atoms with Crippen LogP contribution in [-0.2, 0) is 13.5 Å². The van der Waals surface area contributed by atoms with Crippen molar-refractivity contribution < 1.29 is 14.3 Å². The van der Waals surface area contributed by atoms with Crippen molar-refractivity contribution in [3.63, 3.8) is 0 Å². The molecule has 0 spiro atoms. The maximum Gasteiger partial charge on any atom is 0.284 e. The SMILES string of the molecule is C[n+]1ccc(CC(=O)c2ccc(Br)c([N+](=O)[O-])c2)cc1. The van der Waals surface area contributed by atoms with E-state index in [9.17, 15) is 14.9 Å². The summed E-state index contributed by atoms with van der Waals surface area (Å²) in [5, 5.41) is 10.9. The lowest BCUT2D eigenvalue weighted by atomic mass is 10.0. The smallest absolute Gasteiger partial charge is 0.284 e. The number of ketones is 1. The van der Waals surface area contributed by atoms with Crippen LogP contribution in [-0.4, -0.2) is 10.7 Å². The first-order valence-electron chi connectivity index (χ1n) is 5.88. The molecule has 0 fully saturated rings. The Hall–Kier alpha value is -2.08. The van der Waals surface area contributed by atoms with Gasteiger partial charge in [-0.3, -0.25) is 14.9 Å². The zero-order chi connectivity index (χ0) is 14.7. The van der Waals surface area contributed by atoms with Crippen molar-refractivity contribution in [1.29, 1.82) is 0 Å². The molecule has 0 N–H and O–H groups in total. The third kappa shape index (κ3) is 3.27. The van der Waals surface area contributed by atoms with Crippen LogP contribution in [0.3, 0.4) is 0 Å². The van der Waals surface area contributed by atoms with E-state index < -0.39 is 4.92 Å². The number of nitrogens with zero attached hydrogens (tertiary/aromatic N) is 2. The number of aromatic nitrogens is 1.